The summed E-state index contributed by atoms with van der Waals surface area (Å²) in [5, 5.41) is 8.84. The van der Waals surface area contributed by atoms with E-state index < -0.39 is 5.60 Å². The minimum Gasteiger partial charge on any atom is -0.454 e. The summed E-state index contributed by atoms with van der Waals surface area (Å²) < 4.78 is 5.26. The highest BCUT2D eigenvalue weighted by atomic mass is 16.6. The van der Waals surface area contributed by atoms with Crippen molar-refractivity contribution in [2.24, 2.45) is 0 Å². The van der Waals surface area contributed by atoms with E-state index in [2.05, 4.69) is 0 Å². The fourth-order valence-electron chi connectivity index (χ4n) is 1.56. The highest BCUT2D eigenvalue weighted by molar-refractivity contribution is 6.27. The van der Waals surface area contributed by atoms with E-state index in [-0.39, 0.29) is 11.9 Å². The van der Waals surface area contributed by atoms with Crippen molar-refractivity contribution in [3.8, 4) is 0 Å². The molecular formula is C10H19BNO3. The van der Waals surface area contributed by atoms with Gasteiger partial charge >= 0.3 is 6.09 Å². The van der Waals surface area contributed by atoms with Crippen LogP contribution >= 0.6 is 0 Å². The SMILES string of the molecule is CC(C)(C)OC(=O)N1CCC([B]O)CC1. The second kappa shape index (κ2) is 4.88. The molecule has 0 aromatic rings. The van der Waals surface area contributed by atoms with Crippen LogP contribution in [0.4, 0.5) is 4.79 Å². The van der Waals surface area contributed by atoms with Crippen LogP contribution in [0.1, 0.15) is 33.6 Å². The quantitative estimate of drug-likeness (QED) is 0.668. The summed E-state index contributed by atoms with van der Waals surface area (Å²) in [6, 6.07) is 0. The number of hydrogen-bond acceptors (Lipinski definition) is 3. The van der Waals surface area contributed by atoms with Gasteiger partial charge in [0.05, 0.1) is 0 Å². The van der Waals surface area contributed by atoms with Crippen molar-refractivity contribution in [3.63, 3.8) is 0 Å². The molecule has 1 heterocycles. The molecule has 0 bridgehead atoms. The third-order valence-corrected chi connectivity index (χ3v) is 2.40. The van der Waals surface area contributed by atoms with Crippen LogP contribution in [0.2, 0.25) is 5.82 Å². The second-order valence-electron chi connectivity index (χ2n) is 4.95. The second-order valence-corrected chi connectivity index (χ2v) is 4.95. The van der Waals surface area contributed by atoms with E-state index in [1.54, 1.807) is 4.90 Å². The summed E-state index contributed by atoms with van der Waals surface area (Å²) in [5.41, 5.74) is -0.433. The van der Waals surface area contributed by atoms with E-state index in [9.17, 15) is 4.79 Å². The summed E-state index contributed by atoms with van der Waals surface area (Å²) in [5.74, 6) is 0.226. The Morgan fingerprint density at radius 3 is 2.33 bits per heavy atom. The third kappa shape index (κ3) is 4.12. The largest absolute Gasteiger partial charge is 0.454 e. The van der Waals surface area contributed by atoms with Gasteiger partial charge in [0.1, 0.15) is 5.60 Å². The Labute approximate surface area is 91.9 Å². The molecule has 1 aliphatic rings. The van der Waals surface area contributed by atoms with Crippen LogP contribution in [0, 0.1) is 0 Å². The summed E-state index contributed by atoms with van der Waals surface area (Å²) in [6.07, 6.45) is 1.38. The number of amides is 1. The predicted molar refractivity (Wildman–Crippen MR) is 58.8 cm³/mol. The molecule has 0 spiro atoms. The van der Waals surface area contributed by atoms with Crippen molar-refractivity contribution in [2.75, 3.05) is 13.1 Å². The summed E-state index contributed by atoms with van der Waals surface area (Å²) in [7, 11) is 1.23. The molecule has 0 atom stereocenters. The van der Waals surface area contributed by atoms with Gasteiger partial charge in [-0.15, -0.1) is 0 Å². The van der Waals surface area contributed by atoms with Gasteiger partial charge < -0.3 is 14.7 Å². The maximum absolute atomic E-state index is 11.6. The first-order valence-electron chi connectivity index (χ1n) is 5.38. The van der Waals surface area contributed by atoms with Crippen LogP contribution < -0.4 is 0 Å². The molecule has 5 heteroatoms. The lowest BCUT2D eigenvalue weighted by Gasteiger charge is -2.32. The van der Waals surface area contributed by atoms with Gasteiger partial charge in [0.2, 0.25) is 0 Å². The highest BCUT2D eigenvalue weighted by Gasteiger charge is 2.26. The molecular weight excluding hydrogens is 193 g/mol. The monoisotopic (exact) mass is 212 g/mol. The summed E-state index contributed by atoms with van der Waals surface area (Å²) in [6.45, 7) is 6.91. The van der Waals surface area contributed by atoms with Gasteiger partial charge in [-0.3, -0.25) is 0 Å². The minimum absolute atomic E-state index is 0.226. The molecule has 1 rings (SSSR count). The summed E-state index contributed by atoms with van der Waals surface area (Å²) >= 11 is 0. The van der Waals surface area contributed by atoms with Crippen LogP contribution in [0.5, 0.6) is 0 Å². The number of piperidine rings is 1. The van der Waals surface area contributed by atoms with Gasteiger partial charge in [0.25, 0.3) is 7.48 Å². The Kier molecular flexibility index (Phi) is 4.02. The van der Waals surface area contributed by atoms with Crippen LogP contribution in [0.15, 0.2) is 0 Å². The van der Waals surface area contributed by atoms with Crippen LogP contribution in [0.3, 0.4) is 0 Å². The molecule has 1 aliphatic heterocycles. The average molecular weight is 212 g/mol. The van der Waals surface area contributed by atoms with Gasteiger partial charge in [0.15, 0.2) is 0 Å². The maximum atomic E-state index is 11.6. The number of likely N-dealkylation sites (tertiary alicyclic amines) is 1. The Morgan fingerprint density at radius 2 is 1.93 bits per heavy atom. The molecule has 4 nitrogen and oxygen atoms in total. The molecule has 1 fully saturated rings. The predicted octanol–water partition coefficient (Wildman–Crippen LogP) is 1.42. The van der Waals surface area contributed by atoms with Gasteiger partial charge in [-0.25, -0.2) is 4.79 Å². The first kappa shape index (κ1) is 12.4. The fourth-order valence-corrected chi connectivity index (χ4v) is 1.56. The number of nitrogens with zero attached hydrogens (tertiary/aromatic N) is 1. The van der Waals surface area contributed by atoms with Crippen molar-refractivity contribution in [1.82, 2.24) is 4.90 Å². The van der Waals surface area contributed by atoms with Gasteiger partial charge in [0, 0.05) is 13.1 Å². The lowest BCUT2D eigenvalue weighted by molar-refractivity contribution is 0.0214. The highest BCUT2D eigenvalue weighted by Crippen LogP contribution is 2.22. The summed E-state index contributed by atoms with van der Waals surface area (Å²) in [4.78, 5) is 13.3. The lowest BCUT2D eigenvalue weighted by atomic mass is 9.74. The van der Waals surface area contributed by atoms with Gasteiger partial charge in [-0.05, 0) is 39.4 Å². The number of ether oxygens (including phenoxy) is 1. The van der Waals surface area contributed by atoms with Crippen LogP contribution in [-0.2, 0) is 4.74 Å². The van der Waals surface area contributed by atoms with Crippen molar-refractivity contribution < 1.29 is 14.6 Å². The standard InChI is InChI=1S/C10H19BNO3/c1-10(2,3)15-9(13)12-6-4-8(11-14)5-7-12/h8,14H,4-7H2,1-3H3. The topological polar surface area (TPSA) is 49.8 Å². The molecule has 15 heavy (non-hydrogen) atoms. The van der Waals surface area contributed by atoms with E-state index in [0.717, 1.165) is 12.8 Å². The van der Waals surface area contributed by atoms with Crippen molar-refractivity contribution in [2.45, 2.75) is 45.0 Å². The first-order valence-corrected chi connectivity index (χ1v) is 5.38. The van der Waals surface area contributed by atoms with Crippen LogP contribution in [-0.4, -0.2) is 42.2 Å². The smallest absolute Gasteiger partial charge is 0.410 e. The lowest BCUT2D eigenvalue weighted by Crippen LogP contribution is -2.41. The molecule has 0 aromatic carbocycles. The van der Waals surface area contributed by atoms with E-state index in [0.29, 0.717) is 13.1 Å². The number of carbonyl (C=O) groups is 1. The van der Waals surface area contributed by atoms with E-state index in [1.807, 2.05) is 20.8 Å². The average Bonchev–Trinajstić information content (AvgIpc) is 2.15. The van der Waals surface area contributed by atoms with Crippen molar-refractivity contribution >= 4 is 13.6 Å². The first-order chi connectivity index (χ1) is 6.92. The zero-order valence-corrected chi connectivity index (χ0v) is 9.69. The Hall–Kier alpha value is -0.705. The fraction of sp³-hybridized carbons (Fsp3) is 0.900. The molecule has 1 radical (unpaired) electrons. The molecule has 0 aliphatic carbocycles. The number of rotatable bonds is 1. The number of hydrogen-bond donors (Lipinski definition) is 1. The molecule has 85 valence electrons. The van der Waals surface area contributed by atoms with E-state index >= 15 is 0 Å². The molecule has 1 amide bonds. The molecule has 0 aromatic heterocycles. The zero-order valence-electron chi connectivity index (χ0n) is 9.69. The Bertz CT molecular complexity index is 219. The zero-order chi connectivity index (χ0) is 11.5. The number of carbonyl (C=O) groups excluding carboxylic acids is 1. The Morgan fingerprint density at radius 1 is 1.40 bits per heavy atom. The van der Waals surface area contributed by atoms with E-state index in [1.165, 1.54) is 7.48 Å². The third-order valence-electron chi connectivity index (χ3n) is 2.40. The molecule has 1 N–H and O–H groups in total. The molecule has 0 saturated carbocycles. The van der Waals surface area contributed by atoms with Gasteiger partial charge in [-0.2, -0.15) is 0 Å². The normalized spacial score (nSPS) is 18.8. The van der Waals surface area contributed by atoms with Crippen molar-refractivity contribution in [3.05, 3.63) is 0 Å². The Balaban J connectivity index is 2.37. The van der Waals surface area contributed by atoms with Gasteiger partial charge in [-0.1, -0.05) is 0 Å². The maximum Gasteiger partial charge on any atom is 0.410 e. The van der Waals surface area contributed by atoms with E-state index in [4.69, 9.17) is 9.76 Å². The van der Waals surface area contributed by atoms with Crippen molar-refractivity contribution in [1.29, 1.82) is 0 Å². The molecule has 1 saturated heterocycles. The molecule has 0 unspecified atom stereocenters. The van der Waals surface area contributed by atoms with Crippen LogP contribution in [0.25, 0.3) is 0 Å². The minimum atomic E-state index is -0.433.